The number of carbonyl (C=O) groups is 1. The van der Waals surface area contributed by atoms with Gasteiger partial charge < -0.3 is 10.8 Å². The highest BCUT2D eigenvalue weighted by atomic mass is 79.9. The molecule has 0 spiro atoms. The number of aromatic carboxylic acids is 1. The number of nitrogen functional groups attached to an aromatic ring is 1. The maximum absolute atomic E-state index is 11.4. The summed E-state index contributed by atoms with van der Waals surface area (Å²) in [5, 5.41) is 14.2. The van der Waals surface area contributed by atoms with Crippen molar-refractivity contribution in [2.75, 3.05) is 11.5 Å². The number of carboxylic acid groups (broad SMARTS) is 1. The fourth-order valence-corrected chi connectivity index (χ4v) is 3.16. The van der Waals surface area contributed by atoms with Gasteiger partial charge in [-0.05, 0) is 23.8 Å². The maximum atomic E-state index is 11.4. The van der Waals surface area contributed by atoms with Crippen LogP contribution in [0.3, 0.4) is 0 Å². The van der Waals surface area contributed by atoms with Crippen LogP contribution in [0.15, 0.2) is 33.8 Å². The molecule has 0 saturated carbocycles. The van der Waals surface area contributed by atoms with Crippen molar-refractivity contribution in [1.29, 1.82) is 0 Å². The van der Waals surface area contributed by atoms with Crippen LogP contribution in [0.4, 0.5) is 5.82 Å². The summed E-state index contributed by atoms with van der Waals surface area (Å²) in [6, 6.07) is 7.72. The number of hydrogen-bond acceptors (Lipinski definition) is 4. The smallest absolute Gasteiger partial charge is 0.342 e. The molecule has 0 aliphatic carbocycles. The van der Waals surface area contributed by atoms with Gasteiger partial charge in [-0.15, -0.1) is 11.8 Å². The molecule has 0 fully saturated rings. The van der Waals surface area contributed by atoms with Crippen molar-refractivity contribution in [3.63, 3.8) is 0 Å². The van der Waals surface area contributed by atoms with Crippen LogP contribution in [-0.4, -0.2) is 26.6 Å². The van der Waals surface area contributed by atoms with E-state index in [1.165, 1.54) is 11.8 Å². The van der Waals surface area contributed by atoms with E-state index in [4.69, 9.17) is 5.73 Å². The van der Waals surface area contributed by atoms with Gasteiger partial charge in [0.25, 0.3) is 0 Å². The average Bonchev–Trinajstić information content (AvgIpc) is 2.75. The molecule has 21 heavy (non-hydrogen) atoms. The number of halogens is 1. The Balaban J connectivity index is 2.36. The second-order valence-corrected chi connectivity index (χ2v) is 6.41. The summed E-state index contributed by atoms with van der Waals surface area (Å²) in [6.07, 6.45) is 0.945. The predicted octanol–water partition coefficient (Wildman–Crippen LogP) is 3.48. The summed E-state index contributed by atoms with van der Waals surface area (Å²) in [5.41, 5.74) is 7.06. The number of benzene rings is 1. The number of aromatic nitrogens is 2. The third-order valence-corrected chi connectivity index (χ3v) is 4.84. The van der Waals surface area contributed by atoms with Gasteiger partial charge in [0.15, 0.2) is 0 Å². The maximum Gasteiger partial charge on any atom is 0.342 e. The molecule has 5 nitrogen and oxygen atoms in total. The van der Waals surface area contributed by atoms with Gasteiger partial charge in [-0.2, -0.15) is 5.10 Å². The minimum atomic E-state index is -1.04. The zero-order valence-electron chi connectivity index (χ0n) is 11.5. The normalized spacial score (nSPS) is 10.8. The van der Waals surface area contributed by atoms with Crippen LogP contribution >= 0.6 is 27.7 Å². The molecule has 7 heteroatoms. The minimum Gasteiger partial charge on any atom is -0.477 e. The molecule has 3 N–H and O–H groups in total. The first-order valence-electron chi connectivity index (χ1n) is 6.50. The molecule has 0 aliphatic rings. The molecule has 2 aromatic rings. The van der Waals surface area contributed by atoms with Crippen molar-refractivity contribution in [3.8, 4) is 0 Å². The van der Waals surface area contributed by atoms with Crippen molar-refractivity contribution in [1.82, 2.24) is 9.78 Å². The fourth-order valence-electron chi connectivity index (χ4n) is 1.86. The third kappa shape index (κ3) is 3.59. The minimum absolute atomic E-state index is 0.0977. The molecule has 0 unspecified atom stereocenters. The van der Waals surface area contributed by atoms with E-state index < -0.39 is 5.97 Å². The van der Waals surface area contributed by atoms with E-state index in [0.717, 1.165) is 22.2 Å². The number of nitrogens with zero attached hydrogens (tertiary/aromatic N) is 2. The van der Waals surface area contributed by atoms with Crippen molar-refractivity contribution < 1.29 is 9.90 Å². The zero-order chi connectivity index (χ0) is 15.4. The molecule has 0 atom stereocenters. The molecule has 0 radical (unpaired) electrons. The van der Waals surface area contributed by atoms with E-state index in [1.807, 2.05) is 31.2 Å². The van der Waals surface area contributed by atoms with Crippen molar-refractivity contribution in [3.05, 3.63) is 39.9 Å². The van der Waals surface area contributed by atoms with E-state index in [9.17, 15) is 9.90 Å². The number of nitrogens with two attached hydrogens (primary N) is 1. The SMILES string of the molecule is CCCSc1nn(Cc2ccccc2Br)c(N)c1C(=O)O. The van der Waals surface area contributed by atoms with Crippen molar-refractivity contribution >= 4 is 39.5 Å². The van der Waals surface area contributed by atoms with Gasteiger partial charge in [0, 0.05) is 4.47 Å². The van der Waals surface area contributed by atoms with Crippen LogP contribution in [-0.2, 0) is 6.54 Å². The van der Waals surface area contributed by atoms with E-state index in [-0.39, 0.29) is 11.4 Å². The summed E-state index contributed by atoms with van der Waals surface area (Å²) in [7, 11) is 0. The zero-order valence-corrected chi connectivity index (χ0v) is 13.9. The molecule has 0 amide bonds. The molecule has 2 rings (SSSR count). The van der Waals surface area contributed by atoms with Gasteiger partial charge in [0.1, 0.15) is 16.4 Å². The monoisotopic (exact) mass is 369 g/mol. The Labute approximate surface area is 135 Å². The standard InChI is InChI=1S/C14H16BrN3O2S/c1-2-7-21-13-11(14(19)20)12(16)18(17-13)8-9-5-3-4-6-10(9)15/h3-6H,2,7-8,16H2,1H3,(H,19,20). The van der Waals surface area contributed by atoms with Gasteiger partial charge in [0.2, 0.25) is 0 Å². The second kappa shape index (κ2) is 7.00. The van der Waals surface area contributed by atoms with Crippen LogP contribution in [0.5, 0.6) is 0 Å². The number of thioether (sulfide) groups is 1. The fraction of sp³-hybridized carbons (Fsp3) is 0.286. The Morgan fingerprint density at radius 1 is 1.48 bits per heavy atom. The summed E-state index contributed by atoms with van der Waals surface area (Å²) in [6.45, 7) is 2.47. The summed E-state index contributed by atoms with van der Waals surface area (Å²) in [4.78, 5) is 11.4. The molecule has 112 valence electrons. The van der Waals surface area contributed by atoms with Gasteiger partial charge in [-0.1, -0.05) is 41.1 Å². The molecular weight excluding hydrogens is 354 g/mol. The van der Waals surface area contributed by atoms with Crippen LogP contribution in [0.25, 0.3) is 0 Å². The highest BCUT2D eigenvalue weighted by Crippen LogP contribution is 2.28. The highest BCUT2D eigenvalue weighted by Gasteiger charge is 2.22. The van der Waals surface area contributed by atoms with Gasteiger partial charge in [0.05, 0.1) is 6.54 Å². The molecule has 0 aliphatic heterocycles. The first-order chi connectivity index (χ1) is 10.0. The summed E-state index contributed by atoms with van der Waals surface area (Å²) in [5.74, 6) is -0.0347. The number of anilines is 1. The number of carboxylic acids is 1. The first kappa shape index (κ1) is 15.9. The van der Waals surface area contributed by atoms with Crippen LogP contribution in [0, 0.1) is 0 Å². The van der Waals surface area contributed by atoms with Crippen molar-refractivity contribution in [2.45, 2.75) is 24.9 Å². The Kier molecular flexibility index (Phi) is 5.30. The predicted molar refractivity (Wildman–Crippen MR) is 87.9 cm³/mol. The molecular formula is C14H16BrN3O2S. The van der Waals surface area contributed by atoms with Gasteiger partial charge in [-0.25, -0.2) is 9.48 Å². The van der Waals surface area contributed by atoms with E-state index >= 15 is 0 Å². The summed E-state index contributed by atoms with van der Waals surface area (Å²) >= 11 is 4.89. The molecule has 0 bridgehead atoms. The van der Waals surface area contributed by atoms with Crippen LogP contribution in [0.1, 0.15) is 29.3 Å². The van der Waals surface area contributed by atoms with E-state index in [0.29, 0.717) is 11.6 Å². The average molecular weight is 370 g/mol. The molecule has 0 saturated heterocycles. The lowest BCUT2D eigenvalue weighted by atomic mass is 10.2. The lowest BCUT2D eigenvalue weighted by molar-refractivity contribution is 0.0694. The Morgan fingerprint density at radius 3 is 2.81 bits per heavy atom. The molecule has 1 aromatic heterocycles. The van der Waals surface area contributed by atoms with Crippen LogP contribution in [0.2, 0.25) is 0 Å². The topological polar surface area (TPSA) is 81.1 Å². The Bertz CT molecular complexity index is 658. The Hall–Kier alpha value is -1.47. The molecule has 1 heterocycles. The van der Waals surface area contributed by atoms with Gasteiger partial charge in [-0.3, -0.25) is 0 Å². The third-order valence-electron chi connectivity index (χ3n) is 2.89. The van der Waals surface area contributed by atoms with Crippen LogP contribution < -0.4 is 5.73 Å². The lowest BCUT2D eigenvalue weighted by Gasteiger charge is -2.06. The molecule has 1 aromatic carbocycles. The number of hydrogen-bond donors (Lipinski definition) is 2. The van der Waals surface area contributed by atoms with E-state index in [1.54, 1.807) is 4.68 Å². The van der Waals surface area contributed by atoms with Crippen molar-refractivity contribution in [2.24, 2.45) is 0 Å². The Morgan fingerprint density at radius 2 is 2.19 bits per heavy atom. The summed E-state index contributed by atoms with van der Waals surface area (Å²) < 4.78 is 2.49. The van der Waals surface area contributed by atoms with Gasteiger partial charge >= 0.3 is 5.97 Å². The quantitative estimate of drug-likeness (QED) is 0.761. The first-order valence-corrected chi connectivity index (χ1v) is 8.28. The van der Waals surface area contributed by atoms with E-state index in [2.05, 4.69) is 21.0 Å². The largest absolute Gasteiger partial charge is 0.477 e. The highest BCUT2D eigenvalue weighted by molar-refractivity contribution is 9.10. The second-order valence-electron chi connectivity index (χ2n) is 4.47. The lowest BCUT2D eigenvalue weighted by Crippen LogP contribution is -2.08. The number of rotatable bonds is 6.